The number of nitrogens with zero attached hydrogens (tertiary/aromatic N) is 1. The van der Waals surface area contributed by atoms with Gasteiger partial charge < -0.3 is 15.4 Å². The highest BCUT2D eigenvalue weighted by Gasteiger charge is 2.18. The van der Waals surface area contributed by atoms with E-state index in [-0.39, 0.29) is 0 Å². The Labute approximate surface area is 130 Å². The lowest BCUT2D eigenvalue weighted by atomic mass is 10.0. The Morgan fingerprint density at radius 1 is 1.40 bits per heavy atom. The molecule has 1 atom stereocenters. The van der Waals surface area contributed by atoms with Crippen molar-refractivity contribution in [2.75, 3.05) is 26.7 Å². The molecule has 0 bridgehead atoms. The van der Waals surface area contributed by atoms with Crippen molar-refractivity contribution in [2.45, 2.75) is 38.1 Å². The molecule has 0 aliphatic carbocycles. The molecule has 3 nitrogen and oxygen atoms in total. The molecule has 112 valence electrons. The number of benzene rings is 1. The molecule has 0 spiro atoms. The quantitative estimate of drug-likeness (QED) is 0.864. The topological polar surface area (TPSA) is 38.5 Å². The summed E-state index contributed by atoms with van der Waals surface area (Å²) in [5.74, 6) is 0.983. The Morgan fingerprint density at radius 2 is 2.25 bits per heavy atom. The standard InChI is InChI=1S/C16H25BrN2O/c1-19-10-3-2-4-15(19)8-11-20-16-6-5-14(17)12-13(16)7-9-18/h5-6,12,15H,2-4,7-11,18H2,1H3. The first kappa shape index (κ1) is 15.8. The number of hydrogen-bond acceptors (Lipinski definition) is 3. The van der Waals surface area contributed by atoms with Gasteiger partial charge in [-0.25, -0.2) is 0 Å². The van der Waals surface area contributed by atoms with Gasteiger partial charge in [0.05, 0.1) is 6.61 Å². The van der Waals surface area contributed by atoms with Crippen molar-refractivity contribution in [3.8, 4) is 5.75 Å². The van der Waals surface area contributed by atoms with Crippen LogP contribution in [0, 0.1) is 0 Å². The Bertz CT molecular complexity index is 425. The van der Waals surface area contributed by atoms with Crippen LogP contribution in [-0.4, -0.2) is 37.7 Å². The molecule has 1 aliphatic heterocycles. The third-order valence-corrected chi connectivity index (χ3v) is 4.56. The minimum atomic E-state index is 0.651. The normalized spacial score (nSPS) is 20.1. The van der Waals surface area contributed by atoms with Crippen molar-refractivity contribution in [3.63, 3.8) is 0 Å². The molecule has 1 aliphatic rings. The number of piperidine rings is 1. The van der Waals surface area contributed by atoms with E-state index in [2.05, 4.69) is 33.9 Å². The van der Waals surface area contributed by atoms with Crippen LogP contribution in [0.3, 0.4) is 0 Å². The summed E-state index contributed by atoms with van der Waals surface area (Å²) in [6.45, 7) is 2.66. The van der Waals surface area contributed by atoms with Crippen molar-refractivity contribution in [2.24, 2.45) is 5.73 Å². The predicted molar refractivity (Wildman–Crippen MR) is 87.3 cm³/mol. The average molecular weight is 341 g/mol. The zero-order valence-corrected chi connectivity index (χ0v) is 13.9. The average Bonchev–Trinajstić information content (AvgIpc) is 2.43. The summed E-state index contributed by atoms with van der Waals surface area (Å²) in [7, 11) is 2.23. The van der Waals surface area contributed by atoms with Crippen molar-refractivity contribution >= 4 is 15.9 Å². The highest BCUT2D eigenvalue weighted by molar-refractivity contribution is 9.10. The molecular formula is C16H25BrN2O. The van der Waals surface area contributed by atoms with Crippen LogP contribution in [0.15, 0.2) is 22.7 Å². The summed E-state index contributed by atoms with van der Waals surface area (Å²) in [5, 5.41) is 0. The number of likely N-dealkylation sites (tertiary alicyclic amines) is 1. The fourth-order valence-electron chi connectivity index (χ4n) is 2.85. The van der Waals surface area contributed by atoms with Crippen LogP contribution in [0.25, 0.3) is 0 Å². The zero-order valence-electron chi connectivity index (χ0n) is 12.3. The van der Waals surface area contributed by atoms with E-state index >= 15 is 0 Å². The van der Waals surface area contributed by atoms with E-state index in [1.807, 2.05) is 12.1 Å². The molecule has 1 aromatic rings. The van der Waals surface area contributed by atoms with Gasteiger partial charge >= 0.3 is 0 Å². The van der Waals surface area contributed by atoms with Gasteiger partial charge in [0.25, 0.3) is 0 Å². The maximum absolute atomic E-state index is 5.99. The van der Waals surface area contributed by atoms with E-state index in [0.29, 0.717) is 12.6 Å². The molecule has 0 amide bonds. The predicted octanol–water partition coefficient (Wildman–Crippen LogP) is 3.20. The highest BCUT2D eigenvalue weighted by Crippen LogP contribution is 2.24. The third kappa shape index (κ3) is 4.47. The summed E-state index contributed by atoms with van der Waals surface area (Å²) < 4.78 is 7.08. The van der Waals surface area contributed by atoms with E-state index in [0.717, 1.165) is 29.7 Å². The third-order valence-electron chi connectivity index (χ3n) is 4.07. The molecule has 2 N–H and O–H groups in total. The smallest absolute Gasteiger partial charge is 0.122 e. The SMILES string of the molecule is CN1CCCCC1CCOc1ccc(Br)cc1CCN. The minimum Gasteiger partial charge on any atom is -0.493 e. The molecule has 20 heavy (non-hydrogen) atoms. The highest BCUT2D eigenvalue weighted by atomic mass is 79.9. The van der Waals surface area contributed by atoms with Gasteiger partial charge in [-0.1, -0.05) is 22.4 Å². The largest absolute Gasteiger partial charge is 0.493 e. The number of ether oxygens (including phenoxy) is 1. The lowest BCUT2D eigenvalue weighted by Gasteiger charge is -2.32. The molecule has 1 fully saturated rings. The van der Waals surface area contributed by atoms with Crippen molar-refractivity contribution in [1.82, 2.24) is 4.90 Å². The van der Waals surface area contributed by atoms with Crippen LogP contribution in [0.2, 0.25) is 0 Å². The van der Waals surface area contributed by atoms with Gasteiger partial charge in [0, 0.05) is 10.5 Å². The molecule has 0 saturated carbocycles. The van der Waals surface area contributed by atoms with E-state index in [1.165, 1.54) is 31.4 Å². The lowest BCUT2D eigenvalue weighted by Crippen LogP contribution is -2.37. The Morgan fingerprint density at radius 3 is 3.00 bits per heavy atom. The van der Waals surface area contributed by atoms with Crippen molar-refractivity contribution in [3.05, 3.63) is 28.2 Å². The van der Waals surface area contributed by atoms with Crippen LogP contribution < -0.4 is 10.5 Å². The van der Waals surface area contributed by atoms with Crippen LogP contribution in [0.4, 0.5) is 0 Å². The number of halogens is 1. The number of hydrogen-bond donors (Lipinski definition) is 1. The summed E-state index contributed by atoms with van der Waals surface area (Å²) in [5.41, 5.74) is 6.86. The van der Waals surface area contributed by atoms with Gasteiger partial charge in [0.1, 0.15) is 5.75 Å². The Hall–Kier alpha value is -0.580. The molecule has 1 aromatic carbocycles. The Balaban J connectivity index is 1.87. The minimum absolute atomic E-state index is 0.651. The Kier molecular flexibility index (Phi) is 6.33. The van der Waals surface area contributed by atoms with Gasteiger partial charge in [-0.2, -0.15) is 0 Å². The molecule has 0 aromatic heterocycles. The fraction of sp³-hybridized carbons (Fsp3) is 0.625. The maximum Gasteiger partial charge on any atom is 0.122 e. The van der Waals surface area contributed by atoms with E-state index < -0.39 is 0 Å². The van der Waals surface area contributed by atoms with Crippen LogP contribution >= 0.6 is 15.9 Å². The first-order valence-corrected chi connectivity index (χ1v) is 8.31. The number of nitrogens with two attached hydrogens (primary N) is 1. The van der Waals surface area contributed by atoms with Crippen molar-refractivity contribution < 1.29 is 4.74 Å². The molecule has 2 rings (SSSR count). The molecular weight excluding hydrogens is 316 g/mol. The second kappa shape index (κ2) is 8.01. The van der Waals surface area contributed by atoms with Gasteiger partial charge in [0.2, 0.25) is 0 Å². The molecule has 1 saturated heterocycles. The fourth-order valence-corrected chi connectivity index (χ4v) is 3.26. The van der Waals surface area contributed by atoms with Gasteiger partial charge in [0.15, 0.2) is 0 Å². The van der Waals surface area contributed by atoms with E-state index in [4.69, 9.17) is 10.5 Å². The maximum atomic E-state index is 5.99. The summed E-state index contributed by atoms with van der Waals surface area (Å²) in [6, 6.07) is 6.86. The molecule has 4 heteroatoms. The number of rotatable bonds is 6. The second-order valence-electron chi connectivity index (χ2n) is 5.56. The first-order valence-electron chi connectivity index (χ1n) is 7.52. The monoisotopic (exact) mass is 340 g/mol. The lowest BCUT2D eigenvalue weighted by molar-refractivity contribution is 0.153. The van der Waals surface area contributed by atoms with Gasteiger partial charge in [-0.05, 0) is 69.6 Å². The van der Waals surface area contributed by atoms with Crippen LogP contribution in [0.1, 0.15) is 31.2 Å². The molecule has 0 radical (unpaired) electrons. The first-order chi connectivity index (χ1) is 9.70. The van der Waals surface area contributed by atoms with Crippen LogP contribution in [0.5, 0.6) is 5.75 Å². The summed E-state index contributed by atoms with van der Waals surface area (Å²) in [6.07, 6.45) is 5.95. The van der Waals surface area contributed by atoms with Gasteiger partial charge in [-0.15, -0.1) is 0 Å². The van der Waals surface area contributed by atoms with Crippen molar-refractivity contribution in [1.29, 1.82) is 0 Å². The summed E-state index contributed by atoms with van der Waals surface area (Å²) >= 11 is 3.50. The van der Waals surface area contributed by atoms with Crippen LogP contribution in [-0.2, 0) is 6.42 Å². The molecule has 1 heterocycles. The zero-order chi connectivity index (χ0) is 14.4. The van der Waals surface area contributed by atoms with E-state index in [1.54, 1.807) is 0 Å². The second-order valence-corrected chi connectivity index (χ2v) is 6.47. The molecule has 1 unspecified atom stereocenters. The van der Waals surface area contributed by atoms with Gasteiger partial charge in [-0.3, -0.25) is 0 Å². The van der Waals surface area contributed by atoms with E-state index in [9.17, 15) is 0 Å². The summed E-state index contributed by atoms with van der Waals surface area (Å²) in [4.78, 5) is 2.47.